The van der Waals surface area contributed by atoms with Crippen molar-refractivity contribution in [2.24, 2.45) is 0 Å². The number of hydrogen-bond donors (Lipinski definition) is 1. The molecular weight excluding hydrogens is 229 g/mol. The van der Waals surface area contributed by atoms with Crippen molar-refractivity contribution in [2.45, 2.75) is 26.0 Å². The number of aliphatic hydroxyl groups is 1. The van der Waals surface area contributed by atoms with Crippen LogP contribution in [0.15, 0.2) is 18.2 Å². The van der Waals surface area contributed by atoms with Gasteiger partial charge in [0.15, 0.2) is 0 Å². The topological polar surface area (TPSA) is 23.5 Å². The molecule has 0 fully saturated rings. The zero-order valence-corrected chi connectivity index (χ0v) is 10.6. The first kappa shape index (κ1) is 13.4. The van der Waals surface area contributed by atoms with Crippen LogP contribution in [0.5, 0.6) is 0 Å². The fraction of sp³-hybridized carbons (Fsp3) is 0.500. The molecule has 1 aromatic carbocycles. The Morgan fingerprint density at radius 2 is 2.06 bits per heavy atom. The smallest absolute Gasteiger partial charge is 0.142 e. The number of likely N-dealkylation sites (N-methyl/N-ethyl adjacent to an activating group) is 1. The number of halogens is 2. The van der Waals surface area contributed by atoms with E-state index in [1.165, 1.54) is 6.07 Å². The molecule has 0 amide bonds. The normalized spacial score (nSPS) is 12.2. The van der Waals surface area contributed by atoms with Crippen molar-refractivity contribution in [2.75, 3.05) is 13.6 Å². The molecule has 0 atom stereocenters. The molecule has 0 saturated heterocycles. The second kappa shape index (κ2) is 5.13. The Balaban J connectivity index is 2.63. The van der Waals surface area contributed by atoms with Crippen LogP contribution >= 0.6 is 11.6 Å². The van der Waals surface area contributed by atoms with E-state index in [0.29, 0.717) is 13.1 Å². The molecule has 4 heteroatoms. The largest absolute Gasteiger partial charge is 0.389 e. The standard InChI is InChI=1S/C12H17ClFNO/c1-12(2,16)8-15(3)7-9-4-5-10(13)11(14)6-9/h4-6,16H,7-8H2,1-3H3. The van der Waals surface area contributed by atoms with Crippen LogP contribution in [0, 0.1) is 5.82 Å². The van der Waals surface area contributed by atoms with Gasteiger partial charge in [-0.3, -0.25) is 4.90 Å². The molecule has 0 unspecified atom stereocenters. The van der Waals surface area contributed by atoms with Crippen LogP contribution in [-0.2, 0) is 6.54 Å². The summed E-state index contributed by atoms with van der Waals surface area (Å²) in [7, 11) is 1.88. The molecule has 16 heavy (non-hydrogen) atoms. The summed E-state index contributed by atoms with van der Waals surface area (Å²) in [4.78, 5) is 1.93. The Morgan fingerprint density at radius 3 is 2.56 bits per heavy atom. The summed E-state index contributed by atoms with van der Waals surface area (Å²) >= 11 is 5.60. The zero-order chi connectivity index (χ0) is 12.3. The van der Waals surface area contributed by atoms with Gasteiger partial charge in [-0.25, -0.2) is 4.39 Å². The fourth-order valence-corrected chi connectivity index (χ4v) is 1.78. The minimum absolute atomic E-state index is 0.133. The molecular formula is C12H17ClFNO. The Labute approximate surface area is 101 Å². The Morgan fingerprint density at radius 1 is 1.44 bits per heavy atom. The summed E-state index contributed by atoms with van der Waals surface area (Å²) in [6, 6.07) is 4.75. The molecule has 0 spiro atoms. The monoisotopic (exact) mass is 245 g/mol. The minimum Gasteiger partial charge on any atom is -0.389 e. The lowest BCUT2D eigenvalue weighted by atomic mass is 10.1. The van der Waals surface area contributed by atoms with Crippen molar-refractivity contribution in [1.29, 1.82) is 0 Å². The predicted molar refractivity (Wildman–Crippen MR) is 64.0 cm³/mol. The molecule has 0 aliphatic rings. The first-order valence-electron chi connectivity index (χ1n) is 5.13. The number of rotatable bonds is 4. The first-order chi connectivity index (χ1) is 7.28. The van der Waals surface area contributed by atoms with E-state index in [2.05, 4.69) is 0 Å². The molecule has 0 radical (unpaired) electrons. The quantitative estimate of drug-likeness (QED) is 0.882. The van der Waals surface area contributed by atoms with Crippen molar-refractivity contribution in [1.82, 2.24) is 4.90 Å². The van der Waals surface area contributed by atoms with E-state index in [1.54, 1.807) is 26.0 Å². The summed E-state index contributed by atoms with van der Waals surface area (Å²) in [5.74, 6) is -0.407. The highest BCUT2D eigenvalue weighted by Gasteiger charge is 2.15. The molecule has 0 bridgehead atoms. The van der Waals surface area contributed by atoms with Gasteiger partial charge in [-0.1, -0.05) is 17.7 Å². The van der Waals surface area contributed by atoms with E-state index in [1.807, 2.05) is 11.9 Å². The average Bonchev–Trinajstić information content (AvgIpc) is 2.08. The molecule has 0 saturated carbocycles. The van der Waals surface area contributed by atoms with Gasteiger partial charge >= 0.3 is 0 Å². The van der Waals surface area contributed by atoms with E-state index in [4.69, 9.17) is 11.6 Å². The van der Waals surface area contributed by atoms with Crippen molar-refractivity contribution in [3.63, 3.8) is 0 Å². The molecule has 90 valence electrons. The third kappa shape index (κ3) is 4.47. The summed E-state index contributed by atoms with van der Waals surface area (Å²) in [5, 5.41) is 9.76. The van der Waals surface area contributed by atoms with Gasteiger partial charge < -0.3 is 5.11 Å². The predicted octanol–water partition coefficient (Wildman–Crippen LogP) is 2.68. The number of hydrogen-bond acceptors (Lipinski definition) is 2. The highest BCUT2D eigenvalue weighted by atomic mass is 35.5. The molecule has 1 N–H and O–H groups in total. The second-order valence-electron chi connectivity index (χ2n) is 4.73. The molecule has 1 aromatic rings. The van der Waals surface area contributed by atoms with Crippen molar-refractivity contribution >= 4 is 11.6 Å². The third-order valence-electron chi connectivity index (χ3n) is 2.09. The average molecular weight is 246 g/mol. The van der Waals surface area contributed by atoms with E-state index < -0.39 is 11.4 Å². The lowest BCUT2D eigenvalue weighted by Crippen LogP contribution is -2.35. The van der Waals surface area contributed by atoms with Crippen molar-refractivity contribution in [3.05, 3.63) is 34.6 Å². The summed E-state index contributed by atoms with van der Waals surface area (Å²) in [6.45, 7) is 4.59. The Kier molecular flexibility index (Phi) is 4.30. The molecule has 2 nitrogen and oxygen atoms in total. The van der Waals surface area contributed by atoms with E-state index in [9.17, 15) is 9.50 Å². The lowest BCUT2D eigenvalue weighted by Gasteiger charge is -2.25. The number of benzene rings is 1. The van der Waals surface area contributed by atoms with Gasteiger partial charge in [0, 0.05) is 13.1 Å². The van der Waals surface area contributed by atoms with Gasteiger partial charge in [0.1, 0.15) is 5.82 Å². The molecule has 0 aliphatic carbocycles. The van der Waals surface area contributed by atoms with E-state index in [0.717, 1.165) is 5.56 Å². The maximum atomic E-state index is 13.2. The van der Waals surface area contributed by atoms with Crippen LogP contribution < -0.4 is 0 Å². The Bertz CT molecular complexity index is 363. The van der Waals surface area contributed by atoms with Gasteiger partial charge in [0.25, 0.3) is 0 Å². The second-order valence-corrected chi connectivity index (χ2v) is 5.14. The summed E-state index contributed by atoms with van der Waals surface area (Å²) < 4.78 is 13.2. The van der Waals surface area contributed by atoms with Gasteiger partial charge in [-0.2, -0.15) is 0 Å². The summed E-state index contributed by atoms with van der Waals surface area (Å²) in [6.07, 6.45) is 0. The van der Waals surface area contributed by atoms with E-state index >= 15 is 0 Å². The highest BCUT2D eigenvalue weighted by Crippen LogP contribution is 2.17. The SMILES string of the molecule is CN(Cc1ccc(Cl)c(F)c1)CC(C)(C)O. The van der Waals surface area contributed by atoms with Crippen LogP contribution in [0.2, 0.25) is 5.02 Å². The third-order valence-corrected chi connectivity index (χ3v) is 2.40. The number of nitrogens with zero attached hydrogens (tertiary/aromatic N) is 1. The van der Waals surface area contributed by atoms with Crippen molar-refractivity contribution in [3.8, 4) is 0 Å². The van der Waals surface area contributed by atoms with Crippen LogP contribution in [0.1, 0.15) is 19.4 Å². The van der Waals surface area contributed by atoms with Gasteiger partial charge in [-0.15, -0.1) is 0 Å². The molecule has 0 aliphatic heterocycles. The van der Waals surface area contributed by atoms with Gasteiger partial charge in [0.05, 0.1) is 10.6 Å². The Hall–Kier alpha value is -0.640. The minimum atomic E-state index is -0.750. The maximum absolute atomic E-state index is 13.2. The van der Waals surface area contributed by atoms with Gasteiger partial charge in [-0.05, 0) is 38.6 Å². The van der Waals surface area contributed by atoms with Gasteiger partial charge in [0.2, 0.25) is 0 Å². The van der Waals surface area contributed by atoms with Crippen molar-refractivity contribution < 1.29 is 9.50 Å². The van der Waals surface area contributed by atoms with E-state index in [-0.39, 0.29) is 5.02 Å². The van der Waals surface area contributed by atoms with Crippen LogP contribution in [0.4, 0.5) is 4.39 Å². The molecule has 0 heterocycles. The van der Waals surface area contributed by atoms with Crippen LogP contribution in [0.25, 0.3) is 0 Å². The van der Waals surface area contributed by atoms with Crippen LogP contribution in [0.3, 0.4) is 0 Å². The zero-order valence-electron chi connectivity index (χ0n) is 9.80. The lowest BCUT2D eigenvalue weighted by molar-refractivity contribution is 0.0425. The molecule has 1 rings (SSSR count). The fourth-order valence-electron chi connectivity index (χ4n) is 1.67. The molecule has 0 aromatic heterocycles. The highest BCUT2D eigenvalue weighted by molar-refractivity contribution is 6.30. The van der Waals surface area contributed by atoms with Crippen LogP contribution in [-0.4, -0.2) is 29.2 Å². The maximum Gasteiger partial charge on any atom is 0.142 e. The first-order valence-corrected chi connectivity index (χ1v) is 5.50. The summed E-state index contributed by atoms with van der Waals surface area (Å²) in [5.41, 5.74) is 0.0911.